The molecule has 1 aromatic carbocycles. The second-order valence-electron chi connectivity index (χ2n) is 6.03. The smallest absolute Gasteiger partial charge is 0.193 e. The Hall–Kier alpha value is -0.820. The Kier molecular flexibility index (Phi) is 5.48. The van der Waals surface area contributed by atoms with Crippen molar-refractivity contribution in [3.8, 4) is 0 Å². The predicted octanol–water partition coefficient (Wildman–Crippen LogP) is 3.22. The van der Waals surface area contributed by atoms with Crippen LogP contribution in [0.4, 0.5) is 5.69 Å². The van der Waals surface area contributed by atoms with E-state index in [9.17, 15) is 0 Å². The van der Waals surface area contributed by atoms with Crippen molar-refractivity contribution < 1.29 is 4.74 Å². The van der Waals surface area contributed by atoms with Crippen LogP contribution in [0.25, 0.3) is 0 Å². The van der Waals surface area contributed by atoms with E-state index in [1.807, 2.05) is 0 Å². The van der Waals surface area contributed by atoms with Crippen molar-refractivity contribution in [2.24, 2.45) is 16.6 Å². The van der Waals surface area contributed by atoms with Gasteiger partial charge in [-0.05, 0) is 56.4 Å². The van der Waals surface area contributed by atoms with Crippen molar-refractivity contribution in [1.82, 2.24) is 0 Å². The van der Waals surface area contributed by atoms with E-state index in [0.29, 0.717) is 24.0 Å². The highest BCUT2D eigenvalue weighted by Crippen LogP contribution is 2.39. The lowest BCUT2D eigenvalue weighted by Gasteiger charge is -2.45. The van der Waals surface area contributed by atoms with Crippen LogP contribution in [0, 0.1) is 19.8 Å². The Morgan fingerprint density at radius 2 is 2.00 bits per heavy atom. The number of nitrogens with zero attached hydrogens (tertiary/aromatic N) is 1. The molecule has 1 aromatic rings. The molecule has 4 nitrogen and oxygen atoms in total. The molecule has 0 aromatic heterocycles. The Morgan fingerprint density at radius 3 is 2.67 bits per heavy atom. The maximum Gasteiger partial charge on any atom is 0.193 e. The monoisotopic (exact) mass is 401 g/mol. The summed E-state index contributed by atoms with van der Waals surface area (Å²) in [6, 6.07) is 6.65. The number of hydrogen-bond donors (Lipinski definition) is 2. The van der Waals surface area contributed by atoms with Crippen LogP contribution in [0.3, 0.4) is 0 Å². The van der Waals surface area contributed by atoms with Crippen molar-refractivity contribution in [1.29, 1.82) is 0 Å². The fourth-order valence-electron chi connectivity index (χ4n) is 3.32. The van der Waals surface area contributed by atoms with Gasteiger partial charge in [0.15, 0.2) is 5.96 Å². The molecule has 21 heavy (non-hydrogen) atoms. The number of fused-ring (bicyclic) bond motifs is 1. The molecule has 0 amide bonds. The predicted molar refractivity (Wildman–Crippen MR) is 97.4 cm³/mol. The quantitative estimate of drug-likeness (QED) is 0.455. The first-order chi connectivity index (χ1) is 9.61. The summed E-state index contributed by atoms with van der Waals surface area (Å²) in [6.45, 7) is 5.08. The molecular formula is C16H24IN3O. The third-order valence-electron chi connectivity index (χ3n) is 4.26. The largest absolute Gasteiger partial charge is 0.378 e. The molecule has 1 aliphatic heterocycles. The van der Waals surface area contributed by atoms with Crippen LogP contribution in [0.2, 0.25) is 0 Å². The molecule has 3 rings (SSSR count). The van der Waals surface area contributed by atoms with Crippen LogP contribution >= 0.6 is 24.0 Å². The molecule has 1 aliphatic carbocycles. The number of anilines is 1. The van der Waals surface area contributed by atoms with Gasteiger partial charge in [-0.15, -0.1) is 24.0 Å². The summed E-state index contributed by atoms with van der Waals surface area (Å²) in [7, 11) is 0. The molecule has 5 heteroatoms. The fourth-order valence-corrected chi connectivity index (χ4v) is 3.32. The molecule has 3 N–H and O–H groups in total. The number of nitrogens with one attached hydrogen (secondary N) is 1. The van der Waals surface area contributed by atoms with E-state index in [1.165, 1.54) is 17.5 Å². The van der Waals surface area contributed by atoms with Gasteiger partial charge in [-0.2, -0.15) is 0 Å². The summed E-state index contributed by atoms with van der Waals surface area (Å²) < 4.78 is 5.71. The fraction of sp³-hybridized carbons (Fsp3) is 0.562. The van der Waals surface area contributed by atoms with E-state index in [2.05, 4.69) is 42.4 Å². The van der Waals surface area contributed by atoms with E-state index in [1.54, 1.807) is 0 Å². The first-order valence-electron chi connectivity index (χ1n) is 7.42. The van der Waals surface area contributed by atoms with Crippen molar-refractivity contribution in [2.45, 2.75) is 45.3 Å². The van der Waals surface area contributed by atoms with Crippen LogP contribution in [-0.4, -0.2) is 24.7 Å². The number of benzene rings is 1. The molecule has 3 unspecified atom stereocenters. The molecule has 2 fully saturated rings. The molecule has 2 aliphatic rings. The molecule has 1 saturated heterocycles. The van der Waals surface area contributed by atoms with E-state index >= 15 is 0 Å². The SMILES string of the molecule is Cc1cc(C)cc(NC(N)=NC2CC3OCCCC23)c1.I. The minimum absolute atomic E-state index is 0. The van der Waals surface area contributed by atoms with Crippen molar-refractivity contribution in [3.05, 3.63) is 29.3 Å². The third-order valence-corrected chi connectivity index (χ3v) is 4.26. The highest BCUT2D eigenvalue weighted by atomic mass is 127. The summed E-state index contributed by atoms with van der Waals surface area (Å²) in [5, 5.41) is 3.21. The van der Waals surface area contributed by atoms with Crippen LogP contribution in [-0.2, 0) is 4.74 Å². The average Bonchev–Trinajstić information content (AvgIpc) is 2.34. The molecule has 3 atom stereocenters. The van der Waals surface area contributed by atoms with Crippen molar-refractivity contribution >= 4 is 35.6 Å². The lowest BCUT2D eigenvalue weighted by Crippen LogP contribution is -2.49. The van der Waals surface area contributed by atoms with Gasteiger partial charge >= 0.3 is 0 Å². The maximum absolute atomic E-state index is 6.04. The van der Waals surface area contributed by atoms with Gasteiger partial charge in [-0.1, -0.05) is 6.07 Å². The Bertz CT molecular complexity index is 512. The second-order valence-corrected chi connectivity index (χ2v) is 6.03. The Labute approximate surface area is 143 Å². The summed E-state index contributed by atoms with van der Waals surface area (Å²) in [4.78, 5) is 4.62. The number of guanidine groups is 1. The number of aryl methyl sites for hydroxylation is 2. The minimum Gasteiger partial charge on any atom is -0.378 e. The topological polar surface area (TPSA) is 59.6 Å². The van der Waals surface area contributed by atoms with Crippen molar-refractivity contribution in [3.63, 3.8) is 0 Å². The standard InChI is InChI=1S/C16H23N3O.HI/c1-10-6-11(2)8-12(7-10)18-16(17)19-14-9-15-13(14)4-3-5-20-15;/h6-8,13-15H,3-5,9H2,1-2H3,(H3,17,18,19);1H. The van der Waals surface area contributed by atoms with Gasteiger partial charge in [0.1, 0.15) is 0 Å². The molecule has 0 spiro atoms. The van der Waals surface area contributed by atoms with Gasteiger partial charge in [-0.25, -0.2) is 4.99 Å². The average molecular weight is 401 g/mol. The lowest BCUT2D eigenvalue weighted by molar-refractivity contribution is -0.0937. The Morgan fingerprint density at radius 1 is 1.29 bits per heavy atom. The van der Waals surface area contributed by atoms with Crippen LogP contribution < -0.4 is 11.1 Å². The first-order valence-corrected chi connectivity index (χ1v) is 7.42. The van der Waals surface area contributed by atoms with Gasteiger partial charge in [0.2, 0.25) is 0 Å². The number of rotatable bonds is 2. The molecule has 1 heterocycles. The number of ether oxygens (including phenoxy) is 1. The summed E-state index contributed by atoms with van der Waals surface area (Å²) in [6.07, 6.45) is 3.80. The maximum atomic E-state index is 6.04. The zero-order chi connectivity index (χ0) is 14.1. The van der Waals surface area contributed by atoms with E-state index in [0.717, 1.165) is 25.1 Å². The lowest BCUT2D eigenvalue weighted by atomic mass is 9.73. The third kappa shape index (κ3) is 3.88. The number of halogens is 1. The van der Waals surface area contributed by atoms with Gasteiger partial charge < -0.3 is 15.8 Å². The zero-order valence-electron chi connectivity index (χ0n) is 12.6. The van der Waals surface area contributed by atoms with Gasteiger partial charge in [0, 0.05) is 18.2 Å². The van der Waals surface area contributed by atoms with Crippen LogP contribution in [0.1, 0.15) is 30.4 Å². The second kappa shape index (κ2) is 6.96. The highest BCUT2D eigenvalue weighted by molar-refractivity contribution is 14.0. The molecular weight excluding hydrogens is 377 g/mol. The summed E-state index contributed by atoms with van der Waals surface area (Å²) in [5.74, 6) is 1.09. The number of hydrogen-bond acceptors (Lipinski definition) is 2. The minimum atomic E-state index is 0. The summed E-state index contributed by atoms with van der Waals surface area (Å²) >= 11 is 0. The summed E-state index contributed by atoms with van der Waals surface area (Å²) in [5.41, 5.74) is 9.50. The van der Waals surface area contributed by atoms with Crippen molar-refractivity contribution in [2.75, 3.05) is 11.9 Å². The molecule has 116 valence electrons. The number of aliphatic imine (C=N–C) groups is 1. The van der Waals surface area contributed by atoms with E-state index in [-0.39, 0.29) is 24.0 Å². The molecule has 1 saturated carbocycles. The van der Waals surface area contributed by atoms with E-state index < -0.39 is 0 Å². The molecule has 0 bridgehead atoms. The highest BCUT2D eigenvalue weighted by Gasteiger charge is 2.43. The number of nitrogens with two attached hydrogens (primary N) is 1. The zero-order valence-corrected chi connectivity index (χ0v) is 15.0. The van der Waals surface area contributed by atoms with Gasteiger partial charge in [0.05, 0.1) is 12.1 Å². The van der Waals surface area contributed by atoms with Crippen LogP contribution in [0.5, 0.6) is 0 Å². The van der Waals surface area contributed by atoms with Gasteiger partial charge in [0.25, 0.3) is 0 Å². The Balaban J connectivity index is 0.00000161. The first kappa shape index (κ1) is 16.5. The molecule has 0 radical (unpaired) electrons. The van der Waals surface area contributed by atoms with Crippen LogP contribution in [0.15, 0.2) is 23.2 Å². The normalized spacial score (nSPS) is 28.1. The van der Waals surface area contributed by atoms with Gasteiger partial charge in [-0.3, -0.25) is 0 Å². The van der Waals surface area contributed by atoms with E-state index in [4.69, 9.17) is 10.5 Å².